The van der Waals surface area contributed by atoms with E-state index in [9.17, 15) is 4.79 Å². The second-order valence-corrected chi connectivity index (χ2v) is 3.32. The van der Waals surface area contributed by atoms with E-state index in [-0.39, 0.29) is 5.97 Å². The number of carbonyl (C=O) groups is 1. The summed E-state index contributed by atoms with van der Waals surface area (Å²) in [7, 11) is 1.42. The molecule has 1 aromatic carbocycles. The van der Waals surface area contributed by atoms with Crippen molar-refractivity contribution in [1.29, 1.82) is 0 Å². The van der Waals surface area contributed by atoms with E-state index in [1.54, 1.807) is 0 Å². The zero-order valence-corrected chi connectivity index (χ0v) is 8.96. The van der Waals surface area contributed by atoms with Crippen LogP contribution in [0.3, 0.4) is 0 Å². The molecule has 2 heteroatoms. The molecule has 1 rings (SSSR count). The smallest absolute Gasteiger partial charge is 0.309 e. The number of methoxy groups -OCH3 is 1. The number of rotatable bonds is 3. The van der Waals surface area contributed by atoms with Crippen LogP contribution in [-0.2, 0) is 22.4 Å². The molecule has 0 spiro atoms. The second kappa shape index (κ2) is 4.80. The molecule has 1 aromatic rings. The number of ether oxygens (including phenoxy) is 1. The van der Waals surface area contributed by atoms with Gasteiger partial charge in [0.15, 0.2) is 0 Å². The van der Waals surface area contributed by atoms with Gasteiger partial charge in [0.25, 0.3) is 0 Å². The zero-order chi connectivity index (χ0) is 10.6. The van der Waals surface area contributed by atoms with Gasteiger partial charge in [-0.2, -0.15) is 0 Å². The summed E-state index contributed by atoms with van der Waals surface area (Å²) < 4.78 is 4.65. The summed E-state index contributed by atoms with van der Waals surface area (Å²) >= 11 is 0. The van der Waals surface area contributed by atoms with Gasteiger partial charge in [0.2, 0.25) is 0 Å². The van der Waals surface area contributed by atoms with Crippen LogP contribution < -0.4 is 0 Å². The minimum atomic E-state index is -0.176. The Kier molecular flexibility index (Phi) is 3.69. The lowest BCUT2D eigenvalue weighted by Crippen LogP contribution is -2.07. The first-order valence-corrected chi connectivity index (χ1v) is 4.83. The van der Waals surface area contributed by atoms with E-state index in [1.807, 2.05) is 12.1 Å². The molecule has 76 valence electrons. The topological polar surface area (TPSA) is 26.3 Å². The van der Waals surface area contributed by atoms with E-state index in [0.717, 1.165) is 12.0 Å². The van der Waals surface area contributed by atoms with Gasteiger partial charge in [0.1, 0.15) is 0 Å². The maximum Gasteiger partial charge on any atom is 0.309 e. The van der Waals surface area contributed by atoms with Gasteiger partial charge in [-0.1, -0.05) is 25.1 Å². The summed E-state index contributed by atoms with van der Waals surface area (Å²) in [6.07, 6.45) is 1.33. The summed E-state index contributed by atoms with van der Waals surface area (Å²) in [6.45, 7) is 4.17. The standard InChI is InChI=1S/C12H16O2/c1-4-11-9(2)6-5-7-10(11)8-12(13)14-3/h5-7H,4,8H2,1-3H3. The highest BCUT2D eigenvalue weighted by Gasteiger charge is 2.08. The Hall–Kier alpha value is -1.31. The van der Waals surface area contributed by atoms with Crippen molar-refractivity contribution in [1.82, 2.24) is 0 Å². The molecule has 0 aliphatic heterocycles. The third-order valence-electron chi connectivity index (χ3n) is 2.42. The average Bonchev–Trinajstić information content (AvgIpc) is 2.18. The normalized spacial score (nSPS) is 9.93. The predicted octanol–water partition coefficient (Wildman–Crippen LogP) is 2.27. The molecule has 2 nitrogen and oxygen atoms in total. The summed E-state index contributed by atoms with van der Waals surface area (Å²) in [6, 6.07) is 6.04. The quantitative estimate of drug-likeness (QED) is 0.687. The molecule has 0 aromatic heterocycles. The molecule has 0 atom stereocenters. The van der Waals surface area contributed by atoms with Gasteiger partial charge in [0.05, 0.1) is 13.5 Å². The molecule has 0 unspecified atom stereocenters. The zero-order valence-electron chi connectivity index (χ0n) is 8.96. The van der Waals surface area contributed by atoms with Crippen molar-refractivity contribution >= 4 is 5.97 Å². The fourth-order valence-electron chi connectivity index (χ4n) is 1.66. The van der Waals surface area contributed by atoms with Crippen molar-refractivity contribution in [2.45, 2.75) is 26.7 Å². The molecule has 0 amide bonds. The van der Waals surface area contributed by atoms with Gasteiger partial charge in [-0.25, -0.2) is 0 Å². The highest BCUT2D eigenvalue weighted by Crippen LogP contribution is 2.15. The van der Waals surface area contributed by atoms with Crippen LogP contribution in [0.15, 0.2) is 18.2 Å². The Morgan fingerprint density at radius 3 is 2.71 bits per heavy atom. The number of hydrogen-bond acceptors (Lipinski definition) is 2. The van der Waals surface area contributed by atoms with Crippen molar-refractivity contribution in [3.8, 4) is 0 Å². The lowest BCUT2D eigenvalue weighted by molar-refractivity contribution is -0.139. The third kappa shape index (κ3) is 2.34. The average molecular weight is 192 g/mol. The highest BCUT2D eigenvalue weighted by atomic mass is 16.5. The molecule has 0 radical (unpaired) electrons. The SMILES string of the molecule is CCc1c(C)cccc1CC(=O)OC. The van der Waals surface area contributed by atoms with Crippen LogP contribution >= 0.6 is 0 Å². The van der Waals surface area contributed by atoms with E-state index >= 15 is 0 Å². The van der Waals surface area contributed by atoms with Gasteiger partial charge in [-0.15, -0.1) is 0 Å². The highest BCUT2D eigenvalue weighted by molar-refractivity contribution is 5.73. The Balaban J connectivity index is 2.96. The van der Waals surface area contributed by atoms with Crippen LogP contribution in [-0.4, -0.2) is 13.1 Å². The van der Waals surface area contributed by atoms with E-state index in [0.29, 0.717) is 6.42 Å². The first-order chi connectivity index (χ1) is 6.69. The molecule has 0 saturated carbocycles. The van der Waals surface area contributed by atoms with Crippen LogP contribution in [0.5, 0.6) is 0 Å². The van der Waals surface area contributed by atoms with E-state index in [2.05, 4.69) is 24.7 Å². The first kappa shape index (κ1) is 10.8. The minimum Gasteiger partial charge on any atom is -0.469 e. The van der Waals surface area contributed by atoms with Crippen LogP contribution in [0.25, 0.3) is 0 Å². The maximum atomic E-state index is 11.1. The van der Waals surface area contributed by atoms with Crippen LogP contribution in [0.1, 0.15) is 23.6 Å². The number of aryl methyl sites for hydroxylation is 1. The number of benzene rings is 1. The second-order valence-electron chi connectivity index (χ2n) is 3.32. The number of carbonyl (C=O) groups excluding carboxylic acids is 1. The summed E-state index contributed by atoms with van der Waals surface area (Å²) in [5.41, 5.74) is 3.59. The van der Waals surface area contributed by atoms with E-state index in [1.165, 1.54) is 18.2 Å². The van der Waals surface area contributed by atoms with Crippen molar-refractivity contribution in [3.63, 3.8) is 0 Å². The van der Waals surface area contributed by atoms with Crippen molar-refractivity contribution in [2.24, 2.45) is 0 Å². The molecular weight excluding hydrogens is 176 g/mol. The van der Waals surface area contributed by atoms with Crippen LogP contribution in [0.4, 0.5) is 0 Å². The van der Waals surface area contributed by atoms with Gasteiger partial charge in [-0.3, -0.25) is 4.79 Å². The fourth-order valence-corrected chi connectivity index (χ4v) is 1.66. The van der Waals surface area contributed by atoms with Crippen molar-refractivity contribution < 1.29 is 9.53 Å². The monoisotopic (exact) mass is 192 g/mol. The molecule has 0 aliphatic carbocycles. The maximum absolute atomic E-state index is 11.1. The van der Waals surface area contributed by atoms with Gasteiger partial charge in [0, 0.05) is 0 Å². The molecule has 0 N–H and O–H groups in total. The third-order valence-corrected chi connectivity index (χ3v) is 2.42. The fraction of sp³-hybridized carbons (Fsp3) is 0.417. The Bertz CT molecular complexity index is 329. The molecule has 0 aliphatic rings. The summed E-state index contributed by atoms with van der Waals surface area (Å²) in [5.74, 6) is -0.176. The first-order valence-electron chi connectivity index (χ1n) is 4.83. The summed E-state index contributed by atoms with van der Waals surface area (Å²) in [5, 5.41) is 0. The molecular formula is C12H16O2. The van der Waals surface area contributed by atoms with Gasteiger partial charge >= 0.3 is 5.97 Å². The molecule has 0 bridgehead atoms. The largest absolute Gasteiger partial charge is 0.469 e. The molecule has 14 heavy (non-hydrogen) atoms. The van der Waals surface area contributed by atoms with Crippen LogP contribution in [0, 0.1) is 6.92 Å². The van der Waals surface area contributed by atoms with Gasteiger partial charge in [-0.05, 0) is 30.0 Å². The van der Waals surface area contributed by atoms with E-state index < -0.39 is 0 Å². The summed E-state index contributed by atoms with van der Waals surface area (Å²) in [4.78, 5) is 11.1. The minimum absolute atomic E-state index is 0.176. The Morgan fingerprint density at radius 1 is 1.43 bits per heavy atom. The predicted molar refractivity (Wildman–Crippen MR) is 56.3 cm³/mol. The Morgan fingerprint density at radius 2 is 2.14 bits per heavy atom. The Labute approximate surface area is 84.9 Å². The van der Waals surface area contributed by atoms with Crippen molar-refractivity contribution in [3.05, 3.63) is 34.9 Å². The van der Waals surface area contributed by atoms with Crippen molar-refractivity contribution in [2.75, 3.05) is 7.11 Å². The molecule has 0 heterocycles. The van der Waals surface area contributed by atoms with Crippen LogP contribution in [0.2, 0.25) is 0 Å². The van der Waals surface area contributed by atoms with Gasteiger partial charge < -0.3 is 4.74 Å². The lowest BCUT2D eigenvalue weighted by atomic mass is 9.98. The molecule has 0 fully saturated rings. The molecule has 0 saturated heterocycles. The number of esters is 1. The number of hydrogen-bond donors (Lipinski definition) is 0. The van der Waals surface area contributed by atoms with E-state index in [4.69, 9.17) is 0 Å². The lowest BCUT2D eigenvalue weighted by Gasteiger charge is -2.09.